The fraction of sp³-hybridized carbons (Fsp3) is 0.400. The van der Waals surface area contributed by atoms with Crippen LogP contribution in [0.25, 0.3) is 0 Å². The van der Waals surface area contributed by atoms with Crippen LogP contribution in [0.1, 0.15) is 94.9 Å². The Morgan fingerprint density at radius 2 is 1.12 bits per heavy atom. The average molecular weight is 534 g/mol. The zero-order chi connectivity index (χ0) is 29.8. The second-order valence-corrected chi connectivity index (χ2v) is 12.8. The lowest BCUT2D eigenvalue weighted by Gasteiger charge is -2.34. The molecule has 2 aliphatic carbocycles. The number of hydrogen-bond donors (Lipinski definition) is 0. The lowest BCUT2D eigenvalue weighted by molar-refractivity contribution is 0.377. The summed E-state index contributed by atoms with van der Waals surface area (Å²) in [7, 11) is 0. The van der Waals surface area contributed by atoms with Crippen LogP contribution in [0.4, 0.5) is 0 Å². The normalized spacial score (nSPS) is 21.6. The highest BCUT2D eigenvalue weighted by molar-refractivity contribution is 5.41. The van der Waals surface area contributed by atoms with Crippen molar-refractivity contribution < 1.29 is 0 Å². The first-order chi connectivity index (χ1) is 18.8. The number of rotatable bonds is 10. The molecule has 0 atom stereocenters. The fourth-order valence-electron chi connectivity index (χ4n) is 5.32. The molecule has 214 valence electrons. The van der Waals surface area contributed by atoms with Gasteiger partial charge in [-0.2, -0.15) is 6.42 Å². The molecule has 0 aromatic heterocycles. The standard InChI is InChI=1S/C40H53/c1-31(19-13-21-33(3)25-27-37-35(5)23-15-29-39(37,7)8)17-11-12-18-32(2)20-14-22-34(4)26-28-38-36(6)24-16-30-40(38,9)10/h11-14,17-22,25-28,30H,15,23-24,29H2,1-10H3/q-1/b12-11+,19-13+,20-14+,27-25+,28-26+,31-17+,32-18+,33-21+,34-22+. The summed E-state index contributed by atoms with van der Waals surface area (Å²) in [5.41, 5.74) is 11.2. The third kappa shape index (κ3) is 11.2. The molecule has 0 aliphatic heterocycles. The third-order valence-electron chi connectivity index (χ3n) is 7.82. The van der Waals surface area contributed by atoms with Crippen LogP contribution in [0.5, 0.6) is 0 Å². The van der Waals surface area contributed by atoms with Crippen LogP contribution in [0.2, 0.25) is 0 Å². The molecule has 0 saturated heterocycles. The van der Waals surface area contributed by atoms with E-state index in [2.05, 4.69) is 166 Å². The van der Waals surface area contributed by atoms with Gasteiger partial charge in [-0.25, -0.2) is 0 Å². The summed E-state index contributed by atoms with van der Waals surface area (Å²) in [6, 6.07) is 0. The minimum Gasteiger partial charge on any atom is -0.496 e. The van der Waals surface area contributed by atoms with E-state index in [4.69, 9.17) is 0 Å². The minimum atomic E-state index is 0.0550. The van der Waals surface area contributed by atoms with Gasteiger partial charge in [-0.3, -0.25) is 6.08 Å². The van der Waals surface area contributed by atoms with E-state index in [1.807, 2.05) is 0 Å². The van der Waals surface area contributed by atoms with E-state index in [0.29, 0.717) is 0 Å². The Labute approximate surface area is 247 Å². The molecule has 0 unspecified atom stereocenters. The van der Waals surface area contributed by atoms with Crippen LogP contribution in [0.15, 0.2) is 136 Å². The predicted molar refractivity (Wildman–Crippen MR) is 180 cm³/mol. The molecule has 0 nitrogen and oxygen atoms in total. The van der Waals surface area contributed by atoms with Crippen LogP contribution in [-0.4, -0.2) is 0 Å². The predicted octanol–water partition coefficient (Wildman–Crippen LogP) is 12.2. The SMILES string of the molecule is CC1=C(/C=C/C(C)=C/C=C/C(C)=C/C=C/C=C(C)/C=C/C=C(C)/C=C/C2=C(C)CCCC2(C)C)C(C)(C)C=[C-]C1. The van der Waals surface area contributed by atoms with Crippen LogP contribution < -0.4 is 0 Å². The maximum atomic E-state index is 3.38. The van der Waals surface area contributed by atoms with E-state index in [1.165, 1.54) is 58.3 Å². The van der Waals surface area contributed by atoms with E-state index in [-0.39, 0.29) is 10.8 Å². The Morgan fingerprint density at radius 3 is 1.62 bits per heavy atom. The average Bonchev–Trinajstić information content (AvgIpc) is 2.85. The monoisotopic (exact) mass is 533 g/mol. The van der Waals surface area contributed by atoms with E-state index in [9.17, 15) is 0 Å². The van der Waals surface area contributed by atoms with Gasteiger partial charge in [-0.1, -0.05) is 146 Å². The van der Waals surface area contributed by atoms with Gasteiger partial charge in [0.05, 0.1) is 0 Å². The van der Waals surface area contributed by atoms with Gasteiger partial charge in [0.25, 0.3) is 0 Å². The van der Waals surface area contributed by atoms with Crippen molar-refractivity contribution in [2.45, 2.75) is 94.9 Å². The second-order valence-electron chi connectivity index (χ2n) is 12.8. The zero-order valence-corrected chi connectivity index (χ0v) is 27.0. The van der Waals surface area contributed by atoms with Gasteiger partial charge in [-0.05, 0) is 82.8 Å². The minimum absolute atomic E-state index is 0.0550. The summed E-state index contributed by atoms with van der Waals surface area (Å²) in [5.74, 6) is 0. The van der Waals surface area contributed by atoms with E-state index < -0.39 is 0 Å². The topological polar surface area (TPSA) is 0 Å². The second kappa shape index (κ2) is 15.6. The van der Waals surface area contributed by atoms with Crippen molar-refractivity contribution in [3.63, 3.8) is 0 Å². The molecule has 0 amide bonds. The lowest BCUT2D eigenvalue weighted by Crippen LogP contribution is -2.19. The van der Waals surface area contributed by atoms with Gasteiger partial charge in [0, 0.05) is 0 Å². The molecule has 0 aromatic carbocycles. The van der Waals surface area contributed by atoms with Gasteiger partial charge >= 0.3 is 0 Å². The van der Waals surface area contributed by atoms with E-state index in [1.54, 1.807) is 5.57 Å². The Balaban J connectivity index is 1.89. The first-order valence-electron chi connectivity index (χ1n) is 14.9. The van der Waals surface area contributed by atoms with Crippen LogP contribution >= 0.6 is 0 Å². The molecule has 0 heterocycles. The number of hydrogen-bond acceptors (Lipinski definition) is 0. The molecular weight excluding hydrogens is 480 g/mol. The van der Waals surface area contributed by atoms with E-state index >= 15 is 0 Å². The molecule has 2 aliphatic rings. The Hall–Kier alpha value is -3.12. The summed E-state index contributed by atoms with van der Waals surface area (Å²) in [4.78, 5) is 0. The van der Waals surface area contributed by atoms with Gasteiger partial charge in [0.15, 0.2) is 0 Å². The Kier molecular flexibility index (Phi) is 12.9. The molecule has 0 saturated carbocycles. The molecule has 2 rings (SSSR count). The largest absolute Gasteiger partial charge is 0.496 e. The molecule has 0 bridgehead atoms. The maximum absolute atomic E-state index is 3.38. The number of allylic oxidation sites excluding steroid dienone is 24. The van der Waals surface area contributed by atoms with Crippen molar-refractivity contribution in [2.24, 2.45) is 10.8 Å². The van der Waals surface area contributed by atoms with Crippen LogP contribution in [0, 0.1) is 16.9 Å². The zero-order valence-electron chi connectivity index (χ0n) is 27.0. The van der Waals surface area contributed by atoms with Crippen molar-refractivity contribution >= 4 is 0 Å². The van der Waals surface area contributed by atoms with Crippen LogP contribution in [-0.2, 0) is 0 Å². The molecule has 0 spiro atoms. The molecule has 0 fully saturated rings. The molecule has 0 aromatic rings. The van der Waals surface area contributed by atoms with Crippen molar-refractivity contribution in [1.29, 1.82) is 0 Å². The van der Waals surface area contributed by atoms with Crippen molar-refractivity contribution in [2.75, 3.05) is 0 Å². The van der Waals surface area contributed by atoms with Gasteiger partial charge in [0.1, 0.15) is 0 Å². The molecule has 40 heavy (non-hydrogen) atoms. The van der Waals surface area contributed by atoms with Gasteiger partial charge in [-0.15, -0.1) is 0 Å². The van der Waals surface area contributed by atoms with Crippen LogP contribution in [0.3, 0.4) is 0 Å². The maximum Gasteiger partial charge on any atom is -0.0104 e. The highest BCUT2D eigenvalue weighted by Gasteiger charge is 2.26. The third-order valence-corrected chi connectivity index (χ3v) is 7.82. The smallest absolute Gasteiger partial charge is 0.0104 e. The quantitative estimate of drug-likeness (QED) is 0.193. The molecular formula is C40H53-. The molecule has 0 heteroatoms. The summed E-state index contributed by atoms with van der Waals surface area (Å²) in [5, 5.41) is 0. The first kappa shape index (κ1) is 33.1. The van der Waals surface area contributed by atoms with E-state index in [0.717, 1.165) is 6.42 Å². The summed E-state index contributed by atoms with van der Waals surface area (Å²) < 4.78 is 0. The van der Waals surface area contributed by atoms with Crippen molar-refractivity contribution in [3.05, 3.63) is 142 Å². The lowest BCUT2D eigenvalue weighted by atomic mass is 9.72. The summed E-state index contributed by atoms with van der Waals surface area (Å²) in [6.45, 7) is 22.3. The molecule has 0 radical (unpaired) electrons. The summed E-state index contributed by atoms with van der Waals surface area (Å²) in [6.07, 6.45) is 40.8. The van der Waals surface area contributed by atoms with Crippen molar-refractivity contribution in [1.82, 2.24) is 0 Å². The molecule has 0 N–H and O–H groups in total. The van der Waals surface area contributed by atoms with Crippen molar-refractivity contribution in [3.8, 4) is 0 Å². The van der Waals surface area contributed by atoms with Gasteiger partial charge in [0.2, 0.25) is 0 Å². The van der Waals surface area contributed by atoms with Gasteiger partial charge < -0.3 is 6.08 Å². The highest BCUT2D eigenvalue weighted by Crippen LogP contribution is 2.41. The Morgan fingerprint density at radius 1 is 0.650 bits per heavy atom. The fourth-order valence-corrected chi connectivity index (χ4v) is 5.32. The Bertz CT molecular complexity index is 1190. The summed E-state index contributed by atoms with van der Waals surface area (Å²) >= 11 is 0. The highest BCUT2D eigenvalue weighted by atomic mass is 14.3. The first-order valence-corrected chi connectivity index (χ1v) is 14.9.